The smallest absolute Gasteiger partial charge is 0.101 e. The topological polar surface area (TPSA) is 61.8 Å². The van der Waals surface area contributed by atoms with Crippen LogP contribution in [0.3, 0.4) is 0 Å². The molecule has 1 aromatic carbocycles. The van der Waals surface area contributed by atoms with Gasteiger partial charge in [0.05, 0.1) is 11.3 Å². The molecule has 0 saturated carbocycles. The lowest BCUT2D eigenvalue weighted by Gasteiger charge is -2.19. The van der Waals surface area contributed by atoms with Crippen LogP contribution in [0.4, 0.5) is 11.4 Å². The highest BCUT2D eigenvalue weighted by atomic mass is 14.9. The highest BCUT2D eigenvalue weighted by Crippen LogP contribution is 2.29. The van der Waals surface area contributed by atoms with E-state index in [1.807, 2.05) is 6.07 Å². The Bertz CT molecular complexity index is 376. The van der Waals surface area contributed by atoms with E-state index in [1.165, 1.54) is 0 Å². The van der Waals surface area contributed by atoms with E-state index in [0.717, 1.165) is 30.6 Å². The van der Waals surface area contributed by atoms with Crippen molar-refractivity contribution in [1.29, 1.82) is 5.26 Å². The summed E-state index contributed by atoms with van der Waals surface area (Å²) in [6.45, 7) is 0.998. The molecule has 0 bridgehead atoms. The van der Waals surface area contributed by atoms with Gasteiger partial charge in [-0.25, -0.2) is 0 Å². The molecule has 0 unspecified atom stereocenters. The van der Waals surface area contributed by atoms with E-state index in [4.69, 9.17) is 11.0 Å². The highest BCUT2D eigenvalue weighted by molar-refractivity contribution is 5.70. The van der Waals surface area contributed by atoms with Gasteiger partial charge in [0.15, 0.2) is 0 Å². The van der Waals surface area contributed by atoms with Crippen LogP contribution in [-0.2, 0) is 6.42 Å². The molecule has 2 rings (SSSR count). The van der Waals surface area contributed by atoms with E-state index in [-0.39, 0.29) is 0 Å². The van der Waals surface area contributed by atoms with Crippen LogP contribution < -0.4 is 11.1 Å². The summed E-state index contributed by atoms with van der Waals surface area (Å²) in [6, 6.07) is 5.80. The van der Waals surface area contributed by atoms with E-state index in [1.54, 1.807) is 6.07 Å². The van der Waals surface area contributed by atoms with Gasteiger partial charge in [-0.05, 0) is 30.5 Å². The first-order chi connectivity index (χ1) is 6.33. The van der Waals surface area contributed by atoms with Crippen molar-refractivity contribution in [2.75, 3.05) is 17.6 Å². The SMILES string of the molecule is N#Cc1ccc2c(c1N)CCCN2. The predicted octanol–water partition coefficient (Wildman–Crippen LogP) is 1.50. The van der Waals surface area contributed by atoms with E-state index in [9.17, 15) is 0 Å². The molecule has 0 saturated heterocycles. The fourth-order valence-electron chi connectivity index (χ4n) is 1.69. The van der Waals surface area contributed by atoms with Crippen molar-refractivity contribution in [2.24, 2.45) is 0 Å². The van der Waals surface area contributed by atoms with Crippen LogP contribution >= 0.6 is 0 Å². The fraction of sp³-hybridized carbons (Fsp3) is 0.300. The molecule has 13 heavy (non-hydrogen) atoms. The van der Waals surface area contributed by atoms with Gasteiger partial charge in [0.25, 0.3) is 0 Å². The molecule has 0 aromatic heterocycles. The Balaban J connectivity index is 2.56. The molecule has 1 heterocycles. The Kier molecular flexibility index (Phi) is 1.82. The lowest BCUT2D eigenvalue weighted by molar-refractivity contribution is 0.832. The first kappa shape index (κ1) is 7.93. The largest absolute Gasteiger partial charge is 0.397 e. The Morgan fingerprint density at radius 3 is 3.08 bits per heavy atom. The zero-order valence-electron chi connectivity index (χ0n) is 7.30. The van der Waals surface area contributed by atoms with Gasteiger partial charge in [-0.2, -0.15) is 5.26 Å². The van der Waals surface area contributed by atoms with Gasteiger partial charge in [-0.3, -0.25) is 0 Å². The monoisotopic (exact) mass is 173 g/mol. The van der Waals surface area contributed by atoms with Crippen molar-refractivity contribution in [3.05, 3.63) is 23.3 Å². The molecule has 0 spiro atoms. The summed E-state index contributed by atoms with van der Waals surface area (Å²) in [7, 11) is 0. The number of nitrogen functional groups attached to an aromatic ring is 1. The van der Waals surface area contributed by atoms with Crippen LogP contribution in [0.15, 0.2) is 12.1 Å². The molecule has 0 amide bonds. The molecule has 0 atom stereocenters. The van der Waals surface area contributed by atoms with Crippen molar-refractivity contribution < 1.29 is 0 Å². The second kappa shape index (κ2) is 2.98. The number of nitrogens with two attached hydrogens (primary N) is 1. The van der Waals surface area contributed by atoms with Crippen LogP contribution in [-0.4, -0.2) is 6.54 Å². The standard InChI is InChI=1S/C10H11N3/c11-6-7-3-4-9-8(10(7)12)2-1-5-13-9/h3-4,13H,1-2,5,12H2. The molecule has 3 N–H and O–H groups in total. The Hall–Kier alpha value is -1.69. The molecular formula is C10H11N3. The quantitative estimate of drug-likeness (QED) is 0.584. The summed E-state index contributed by atoms with van der Waals surface area (Å²) < 4.78 is 0. The second-order valence-corrected chi connectivity index (χ2v) is 3.20. The number of anilines is 2. The Labute approximate surface area is 77.2 Å². The first-order valence-electron chi connectivity index (χ1n) is 4.38. The average molecular weight is 173 g/mol. The van der Waals surface area contributed by atoms with Crippen LogP contribution in [0.1, 0.15) is 17.5 Å². The molecule has 0 aliphatic carbocycles. The molecule has 66 valence electrons. The molecule has 1 aliphatic heterocycles. The number of rotatable bonds is 0. The fourth-order valence-corrected chi connectivity index (χ4v) is 1.69. The minimum atomic E-state index is 0.586. The third-order valence-corrected chi connectivity index (χ3v) is 2.40. The van der Waals surface area contributed by atoms with Gasteiger partial charge in [0, 0.05) is 12.2 Å². The first-order valence-corrected chi connectivity index (χ1v) is 4.38. The third kappa shape index (κ3) is 1.20. The molecule has 0 fully saturated rings. The predicted molar refractivity (Wildman–Crippen MR) is 52.4 cm³/mol. The molecule has 1 aliphatic rings. The van der Waals surface area contributed by atoms with Crippen LogP contribution in [0.5, 0.6) is 0 Å². The van der Waals surface area contributed by atoms with Crippen molar-refractivity contribution >= 4 is 11.4 Å². The van der Waals surface area contributed by atoms with E-state index in [2.05, 4.69) is 11.4 Å². The van der Waals surface area contributed by atoms with Gasteiger partial charge in [0.1, 0.15) is 6.07 Å². The molecule has 3 heteroatoms. The van der Waals surface area contributed by atoms with Gasteiger partial charge in [0.2, 0.25) is 0 Å². The lowest BCUT2D eigenvalue weighted by atomic mass is 9.99. The number of nitrogens with zero attached hydrogens (tertiary/aromatic N) is 1. The third-order valence-electron chi connectivity index (χ3n) is 2.40. The summed E-state index contributed by atoms with van der Waals surface area (Å²) in [5.41, 5.74) is 9.27. The van der Waals surface area contributed by atoms with E-state index in [0.29, 0.717) is 11.3 Å². The number of nitrogens with one attached hydrogen (secondary N) is 1. The average Bonchev–Trinajstić information content (AvgIpc) is 2.19. The van der Waals surface area contributed by atoms with Gasteiger partial charge < -0.3 is 11.1 Å². The van der Waals surface area contributed by atoms with Crippen LogP contribution in [0.2, 0.25) is 0 Å². The summed E-state index contributed by atoms with van der Waals surface area (Å²) in [5.74, 6) is 0. The highest BCUT2D eigenvalue weighted by Gasteiger charge is 2.13. The van der Waals surface area contributed by atoms with Crippen molar-refractivity contribution in [1.82, 2.24) is 0 Å². The van der Waals surface area contributed by atoms with Gasteiger partial charge in [-0.15, -0.1) is 0 Å². The molecule has 0 radical (unpaired) electrons. The van der Waals surface area contributed by atoms with Gasteiger partial charge >= 0.3 is 0 Å². The summed E-state index contributed by atoms with van der Waals surface area (Å²) in [6.07, 6.45) is 2.07. The minimum Gasteiger partial charge on any atom is -0.397 e. The number of nitriles is 1. The van der Waals surface area contributed by atoms with Crippen LogP contribution in [0, 0.1) is 11.3 Å². The van der Waals surface area contributed by atoms with Crippen molar-refractivity contribution in [2.45, 2.75) is 12.8 Å². The molecule has 1 aromatic rings. The van der Waals surface area contributed by atoms with E-state index < -0.39 is 0 Å². The van der Waals surface area contributed by atoms with Crippen LogP contribution in [0.25, 0.3) is 0 Å². The van der Waals surface area contributed by atoms with Crippen molar-refractivity contribution in [3.8, 4) is 6.07 Å². The summed E-state index contributed by atoms with van der Waals surface area (Å²) in [5, 5.41) is 12.0. The molecule has 3 nitrogen and oxygen atoms in total. The lowest BCUT2D eigenvalue weighted by Crippen LogP contribution is -2.13. The zero-order chi connectivity index (χ0) is 9.26. The minimum absolute atomic E-state index is 0.586. The maximum absolute atomic E-state index is 8.77. The Morgan fingerprint density at radius 2 is 2.31 bits per heavy atom. The van der Waals surface area contributed by atoms with E-state index >= 15 is 0 Å². The summed E-state index contributed by atoms with van der Waals surface area (Å²) >= 11 is 0. The van der Waals surface area contributed by atoms with Crippen molar-refractivity contribution in [3.63, 3.8) is 0 Å². The maximum atomic E-state index is 8.77. The maximum Gasteiger partial charge on any atom is 0.101 e. The number of benzene rings is 1. The molecular weight excluding hydrogens is 162 g/mol. The zero-order valence-corrected chi connectivity index (χ0v) is 7.30. The number of fused-ring (bicyclic) bond motifs is 1. The Morgan fingerprint density at radius 1 is 1.46 bits per heavy atom. The second-order valence-electron chi connectivity index (χ2n) is 3.20. The normalized spacial score (nSPS) is 14.1. The number of hydrogen-bond donors (Lipinski definition) is 2. The number of hydrogen-bond acceptors (Lipinski definition) is 3. The van der Waals surface area contributed by atoms with Gasteiger partial charge in [-0.1, -0.05) is 0 Å². The summed E-state index contributed by atoms with van der Waals surface area (Å²) in [4.78, 5) is 0.